The lowest BCUT2D eigenvalue weighted by molar-refractivity contribution is -0.133. The van der Waals surface area contributed by atoms with Crippen LogP contribution in [-0.2, 0) is 4.79 Å². The van der Waals surface area contributed by atoms with Gasteiger partial charge in [0, 0.05) is 24.7 Å². The molecule has 0 radical (unpaired) electrons. The van der Waals surface area contributed by atoms with Gasteiger partial charge in [0.25, 0.3) is 0 Å². The summed E-state index contributed by atoms with van der Waals surface area (Å²) in [5.41, 5.74) is 6.78. The molecule has 1 amide bonds. The van der Waals surface area contributed by atoms with Gasteiger partial charge in [-0.05, 0) is 26.3 Å². The third-order valence-corrected chi connectivity index (χ3v) is 3.75. The molecule has 104 valence electrons. The Morgan fingerprint density at radius 1 is 1.42 bits per heavy atom. The molecule has 0 aliphatic carbocycles. The monoisotopic (exact) mass is 261 g/mol. The molecule has 1 aliphatic heterocycles. The molecule has 0 bridgehead atoms. The normalized spacial score (nSPS) is 24.8. The lowest BCUT2D eigenvalue weighted by Gasteiger charge is -2.46. The molecule has 1 aromatic carbocycles. The van der Waals surface area contributed by atoms with Gasteiger partial charge in [0.2, 0.25) is 5.91 Å². The fourth-order valence-electron chi connectivity index (χ4n) is 2.75. The number of carbonyl (C=O) groups is 1. The molecule has 4 nitrogen and oxygen atoms in total. The van der Waals surface area contributed by atoms with Crippen molar-refractivity contribution in [3.05, 3.63) is 35.9 Å². The molecule has 3 N–H and O–H groups in total. The van der Waals surface area contributed by atoms with Crippen LogP contribution in [0.2, 0.25) is 0 Å². The minimum absolute atomic E-state index is 0.0292. The fraction of sp³-hybridized carbons (Fsp3) is 0.533. The van der Waals surface area contributed by atoms with E-state index in [1.54, 1.807) is 0 Å². The molecule has 19 heavy (non-hydrogen) atoms. The summed E-state index contributed by atoms with van der Waals surface area (Å²) in [6, 6.07) is 10.2. The maximum atomic E-state index is 12.2. The number of nitrogens with zero attached hydrogens (tertiary/aromatic N) is 1. The number of piperazine rings is 1. The highest BCUT2D eigenvalue weighted by atomic mass is 16.2. The summed E-state index contributed by atoms with van der Waals surface area (Å²) in [4.78, 5) is 14.4. The first-order chi connectivity index (χ1) is 8.94. The molecule has 1 heterocycles. The molecular formula is C15H23N3O. The van der Waals surface area contributed by atoms with Crippen molar-refractivity contribution >= 4 is 5.91 Å². The van der Waals surface area contributed by atoms with Gasteiger partial charge in [-0.25, -0.2) is 0 Å². The SMILES string of the molecule is CC(c1ccccc1)N1CC(C)(C)NC(=O)C1CN. The Morgan fingerprint density at radius 2 is 2.05 bits per heavy atom. The van der Waals surface area contributed by atoms with E-state index in [-0.39, 0.29) is 23.5 Å². The van der Waals surface area contributed by atoms with Crippen molar-refractivity contribution in [3.8, 4) is 0 Å². The molecule has 1 aromatic rings. The second kappa shape index (κ2) is 5.31. The standard InChI is InChI=1S/C15H23N3O/c1-11(12-7-5-4-6-8-12)18-10-15(2,3)17-14(19)13(18)9-16/h4-8,11,13H,9-10,16H2,1-3H3,(H,17,19). The van der Waals surface area contributed by atoms with Gasteiger partial charge in [-0.3, -0.25) is 9.69 Å². The molecule has 2 unspecified atom stereocenters. The van der Waals surface area contributed by atoms with Crippen LogP contribution in [0, 0.1) is 0 Å². The Bertz CT molecular complexity index is 444. The Morgan fingerprint density at radius 3 is 2.63 bits per heavy atom. The van der Waals surface area contributed by atoms with Gasteiger partial charge in [-0.15, -0.1) is 0 Å². The van der Waals surface area contributed by atoms with Crippen molar-refractivity contribution < 1.29 is 4.79 Å². The second-order valence-electron chi connectivity index (χ2n) is 5.88. The highest BCUT2D eigenvalue weighted by Gasteiger charge is 2.39. The molecule has 1 fully saturated rings. The van der Waals surface area contributed by atoms with Crippen molar-refractivity contribution in [2.24, 2.45) is 5.73 Å². The Kier molecular flexibility index (Phi) is 3.92. The van der Waals surface area contributed by atoms with Crippen LogP contribution in [-0.4, -0.2) is 35.5 Å². The van der Waals surface area contributed by atoms with E-state index in [2.05, 4.69) is 29.3 Å². The average Bonchev–Trinajstić information content (AvgIpc) is 2.37. The molecule has 2 rings (SSSR count). The number of hydrogen-bond donors (Lipinski definition) is 2. The topological polar surface area (TPSA) is 58.4 Å². The van der Waals surface area contributed by atoms with Gasteiger partial charge in [-0.2, -0.15) is 0 Å². The van der Waals surface area contributed by atoms with Crippen LogP contribution in [0.25, 0.3) is 0 Å². The first kappa shape index (κ1) is 14.0. The smallest absolute Gasteiger partial charge is 0.239 e. The van der Waals surface area contributed by atoms with Crippen molar-refractivity contribution in [1.29, 1.82) is 0 Å². The summed E-state index contributed by atoms with van der Waals surface area (Å²) < 4.78 is 0. The largest absolute Gasteiger partial charge is 0.349 e. The number of carbonyl (C=O) groups excluding carboxylic acids is 1. The first-order valence-corrected chi connectivity index (χ1v) is 6.77. The van der Waals surface area contributed by atoms with Crippen LogP contribution < -0.4 is 11.1 Å². The number of amides is 1. The number of nitrogens with one attached hydrogen (secondary N) is 1. The van der Waals surface area contributed by atoms with Crippen LogP contribution in [0.5, 0.6) is 0 Å². The summed E-state index contributed by atoms with van der Waals surface area (Å²) in [5, 5.41) is 3.03. The van der Waals surface area contributed by atoms with Crippen LogP contribution in [0.4, 0.5) is 0 Å². The van der Waals surface area contributed by atoms with Gasteiger partial charge in [-0.1, -0.05) is 30.3 Å². The summed E-state index contributed by atoms with van der Waals surface area (Å²) in [6.07, 6.45) is 0. The van der Waals surface area contributed by atoms with Crippen LogP contribution >= 0.6 is 0 Å². The third kappa shape index (κ3) is 2.96. The van der Waals surface area contributed by atoms with E-state index in [4.69, 9.17) is 5.73 Å². The van der Waals surface area contributed by atoms with Crippen LogP contribution in [0.3, 0.4) is 0 Å². The molecule has 1 saturated heterocycles. The van der Waals surface area contributed by atoms with Gasteiger partial charge in [0.05, 0.1) is 0 Å². The highest BCUT2D eigenvalue weighted by molar-refractivity contribution is 5.83. The zero-order chi connectivity index (χ0) is 14.0. The summed E-state index contributed by atoms with van der Waals surface area (Å²) >= 11 is 0. The molecule has 4 heteroatoms. The minimum atomic E-state index is -0.247. The minimum Gasteiger partial charge on any atom is -0.349 e. The molecule has 0 aromatic heterocycles. The number of rotatable bonds is 3. The number of nitrogens with two attached hydrogens (primary N) is 1. The zero-order valence-electron chi connectivity index (χ0n) is 11.9. The number of benzene rings is 1. The molecule has 1 aliphatic rings. The van der Waals surface area contributed by atoms with E-state index in [1.165, 1.54) is 5.56 Å². The lowest BCUT2D eigenvalue weighted by Crippen LogP contribution is -2.66. The third-order valence-electron chi connectivity index (χ3n) is 3.75. The van der Waals surface area contributed by atoms with E-state index in [1.807, 2.05) is 32.0 Å². The van der Waals surface area contributed by atoms with Crippen LogP contribution in [0.1, 0.15) is 32.4 Å². The van der Waals surface area contributed by atoms with Crippen molar-refractivity contribution in [1.82, 2.24) is 10.2 Å². The summed E-state index contributed by atoms with van der Waals surface area (Å²) in [5.74, 6) is 0.0292. The first-order valence-electron chi connectivity index (χ1n) is 6.77. The second-order valence-corrected chi connectivity index (χ2v) is 5.88. The quantitative estimate of drug-likeness (QED) is 0.862. The van der Waals surface area contributed by atoms with E-state index < -0.39 is 0 Å². The summed E-state index contributed by atoms with van der Waals surface area (Å²) in [7, 11) is 0. The van der Waals surface area contributed by atoms with Crippen molar-refractivity contribution in [3.63, 3.8) is 0 Å². The van der Waals surface area contributed by atoms with E-state index in [0.717, 1.165) is 6.54 Å². The Hall–Kier alpha value is -1.39. The van der Waals surface area contributed by atoms with Gasteiger partial charge in [0.1, 0.15) is 6.04 Å². The predicted molar refractivity (Wildman–Crippen MR) is 76.6 cm³/mol. The lowest BCUT2D eigenvalue weighted by atomic mass is 9.94. The van der Waals surface area contributed by atoms with Gasteiger partial charge >= 0.3 is 0 Å². The van der Waals surface area contributed by atoms with Crippen LogP contribution in [0.15, 0.2) is 30.3 Å². The van der Waals surface area contributed by atoms with E-state index in [0.29, 0.717) is 6.54 Å². The summed E-state index contributed by atoms with van der Waals surface area (Å²) in [6.45, 7) is 7.37. The highest BCUT2D eigenvalue weighted by Crippen LogP contribution is 2.27. The average molecular weight is 261 g/mol. The fourth-order valence-corrected chi connectivity index (χ4v) is 2.75. The van der Waals surface area contributed by atoms with Gasteiger partial charge in [0.15, 0.2) is 0 Å². The molecular weight excluding hydrogens is 238 g/mol. The predicted octanol–water partition coefficient (Wildman–Crippen LogP) is 1.29. The van der Waals surface area contributed by atoms with Crippen molar-refractivity contribution in [2.45, 2.75) is 38.4 Å². The molecule has 0 spiro atoms. The molecule has 0 saturated carbocycles. The van der Waals surface area contributed by atoms with E-state index >= 15 is 0 Å². The number of hydrogen-bond acceptors (Lipinski definition) is 3. The Balaban J connectivity index is 2.27. The van der Waals surface area contributed by atoms with E-state index in [9.17, 15) is 4.79 Å². The maximum absolute atomic E-state index is 12.2. The zero-order valence-corrected chi connectivity index (χ0v) is 11.9. The van der Waals surface area contributed by atoms with Crippen molar-refractivity contribution in [2.75, 3.05) is 13.1 Å². The van der Waals surface area contributed by atoms with Gasteiger partial charge < -0.3 is 11.1 Å². The Labute approximate surface area is 115 Å². The maximum Gasteiger partial charge on any atom is 0.239 e. The molecule has 2 atom stereocenters.